The summed E-state index contributed by atoms with van der Waals surface area (Å²) in [6, 6.07) is 12.2. The van der Waals surface area contributed by atoms with Crippen LogP contribution < -0.4 is 9.80 Å². The second kappa shape index (κ2) is 10.4. The molecule has 3 aliphatic rings. The lowest BCUT2D eigenvalue weighted by Gasteiger charge is -2.45. The predicted octanol–water partition coefficient (Wildman–Crippen LogP) is 8.03. The molecule has 0 spiro atoms. The zero-order chi connectivity index (χ0) is 29.3. The summed E-state index contributed by atoms with van der Waals surface area (Å²) < 4.78 is 0. The summed E-state index contributed by atoms with van der Waals surface area (Å²) in [4.78, 5) is 16.2. The fourth-order valence-corrected chi connectivity index (χ4v) is 7.91. The van der Waals surface area contributed by atoms with E-state index in [1.54, 1.807) is 0 Å². The van der Waals surface area contributed by atoms with Gasteiger partial charge in [0.15, 0.2) is 5.82 Å². The van der Waals surface area contributed by atoms with Crippen LogP contribution in [0.5, 0.6) is 0 Å². The maximum atomic E-state index is 5.54. The molecule has 2 aliphatic heterocycles. The van der Waals surface area contributed by atoms with Gasteiger partial charge in [0.2, 0.25) is 0 Å². The molecule has 0 amide bonds. The van der Waals surface area contributed by atoms with E-state index in [-0.39, 0.29) is 0 Å². The summed E-state index contributed by atoms with van der Waals surface area (Å²) in [6.07, 6.45) is 6.29. The number of hydrogen-bond donors (Lipinski definition) is 1. The molecule has 42 heavy (non-hydrogen) atoms. The number of H-pyrrole nitrogens is 1. The molecule has 1 N–H and O–H groups in total. The topological polar surface area (TPSA) is 60.9 Å². The van der Waals surface area contributed by atoms with Crippen LogP contribution in [-0.2, 0) is 13.0 Å². The second-order valence-electron chi connectivity index (χ2n) is 13.8. The van der Waals surface area contributed by atoms with E-state index in [1.807, 2.05) is 0 Å². The number of aromatic nitrogens is 4. The molecular weight excluding hydrogens is 516 g/mol. The van der Waals surface area contributed by atoms with Crippen LogP contribution in [0.3, 0.4) is 0 Å². The number of aryl methyl sites for hydroxylation is 3. The van der Waals surface area contributed by atoms with Gasteiger partial charge in [0.1, 0.15) is 5.82 Å². The van der Waals surface area contributed by atoms with E-state index in [2.05, 4.69) is 98.8 Å². The molecule has 2 aromatic carbocycles. The quantitative estimate of drug-likeness (QED) is 0.267. The number of fused-ring (bicyclic) bond motifs is 2. The van der Waals surface area contributed by atoms with Crippen LogP contribution in [0.4, 0.5) is 11.5 Å². The van der Waals surface area contributed by atoms with E-state index in [0.717, 1.165) is 65.1 Å². The molecule has 6 heteroatoms. The van der Waals surface area contributed by atoms with Crippen LogP contribution in [0.1, 0.15) is 92.9 Å². The Balaban J connectivity index is 1.37. The van der Waals surface area contributed by atoms with Gasteiger partial charge < -0.3 is 9.80 Å². The molecule has 2 atom stereocenters. The first-order chi connectivity index (χ1) is 20.2. The minimum absolute atomic E-state index is 0.458. The maximum Gasteiger partial charge on any atom is 0.162 e. The number of piperidine rings is 1. The first-order valence-electron chi connectivity index (χ1n) is 16.2. The Labute approximate surface area is 250 Å². The van der Waals surface area contributed by atoms with E-state index in [1.165, 1.54) is 59.3 Å². The summed E-state index contributed by atoms with van der Waals surface area (Å²) >= 11 is 0. The maximum absolute atomic E-state index is 5.54. The van der Waals surface area contributed by atoms with Crippen molar-refractivity contribution in [1.29, 1.82) is 0 Å². The van der Waals surface area contributed by atoms with Gasteiger partial charge >= 0.3 is 0 Å². The lowest BCUT2D eigenvalue weighted by molar-refractivity contribution is 0.276. The SMILES string of the molecule is Cc1ccc(C(C)C)cc1N1CCc2nc(-c3c(C)ccc4n[nH]c(C)c34)nc(N3C(C)CC(C4CC4)CC3C)c2C1. The van der Waals surface area contributed by atoms with Crippen LogP contribution in [0, 0.1) is 32.6 Å². The Morgan fingerprint density at radius 2 is 1.64 bits per heavy atom. The monoisotopic (exact) mass is 562 g/mol. The lowest BCUT2D eigenvalue weighted by Crippen LogP contribution is -2.49. The largest absolute Gasteiger partial charge is 0.366 e. The van der Waals surface area contributed by atoms with Gasteiger partial charge in [-0.3, -0.25) is 5.10 Å². The molecule has 0 bridgehead atoms. The highest BCUT2D eigenvalue weighted by Gasteiger charge is 2.41. The Bertz CT molecular complexity index is 1630. The van der Waals surface area contributed by atoms with E-state index in [4.69, 9.17) is 9.97 Å². The number of nitrogens with zero attached hydrogens (tertiary/aromatic N) is 5. The first-order valence-corrected chi connectivity index (χ1v) is 16.2. The molecule has 4 heterocycles. The van der Waals surface area contributed by atoms with Crippen molar-refractivity contribution in [3.8, 4) is 11.4 Å². The van der Waals surface area contributed by atoms with Crippen molar-refractivity contribution in [2.75, 3.05) is 16.3 Å². The average Bonchev–Trinajstić information content (AvgIpc) is 3.75. The molecule has 2 unspecified atom stereocenters. The van der Waals surface area contributed by atoms with Crippen LogP contribution in [0.25, 0.3) is 22.3 Å². The third-order valence-electron chi connectivity index (χ3n) is 10.4. The first kappa shape index (κ1) is 27.4. The zero-order valence-corrected chi connectivity index (χ0v) is 26.5. The van der Waals surface area contributed by atoms with Crippen molar-refractivity contribution in [3.63, 3.8) is 0 Å². The highest BCUT2D eigenvalue weighted by Crippen LogP contribution is 2.47. The molecule has 220 valence electrons. The average molecular weight is 563 g/mol. The fourth-order valence-electron chi connectivity index (χ4n) is 7.91. The Kier molecular flexibility index (Phi) is 6.79. The fraction of sp³-hybridized carbons (Fsp3) is 0.528. The van der Waals surface area contributed by atoms with Crippen molar-refractivity contribution in [3.05, 3.63) is 64.0 Å². The van der Waals surface area contributed by atoms with Gasteiger partial charge in [-0.1, -0.05) is 32.0 Å². The highest BCUT2D eigenvalue weighted by molar-refractivity contribution is 5.96. The standard InChI is InChI=1S/C36H46N6/c1-20(2)27-10-8-21(3)32(18-27)41-15-14-30-29(19-41)36(42-23(5)16-28(17-24(42)6)26-11-12-26)38-35(37-30)33-22(4)9-13-31-34(33)25(7)39-40-31/h8-10,13,18,20,23-24,26,28H,11-12,14-17,19H2,1-7H3,(H,39,40). The third kappa shape index (κ3) is 4.67. The van der Waals surface area contributed by atoms with Crippen molar-refractivity contribution in [2.24, 2.45) is 11.8 Å². The molecule has 2 fully saturated rings. The molecule has 7 rings (SSSR count). The van der Waals surface area contributed by atoms with E-state index in [9.17, 15) is 0 Å². The second-order valence-corrected chi connectivity index (χ2v) is 13.8. The van der Waals surface area contributed by atoms with E-state index in [0.29, 0.717) is 18.0 Å². The van der Waals surface area contributed by atoms with Crippen LogP contribution in [0.15, 0.2) is 30.3 Å². The summed E-state index contributed by atoms with van der Waals surface area (Å²) in [7, 11) is 0. The predicted molar refractivity (Wildman–Crippen MR) is 173 cm³/mol. The van der Waals surface area contributed by atoms with E-state index >= 15 is 0 Å². The summed E-state index contributed by atoms with van der Waals surface area (Å²) in [5.74, 6) is 4.32. The summed E-state index contributed by atoms with van der Waals surface area (Å²) in [6.45, 7) is 17.8. The van der Waals surface area contributed by atoms with E-state index < -0.39 is 0 Å². The summed E-state index contributed by atoms with van der Waals surface area (Å²) in [5, 5.41) is 8.93. The Hall–Kier alpha value is -3.41. The number of benzene rings is 2. The minimum Gasteiger partial charge on any atom is -0.366 e. The molecule has 1 saturated carbocycles. The van der Waals surface area contributed by atoms with Gasteiger partial charge in [-0.05, 0) is 107 Å². The van der Waals surface area contributed by atoms with Crippen LogP contribution >= 0.6 is 0 Å². The van der Waals surface area contributed by atoms with Crippen LogP contribution in [0.2, 0.25) is 0 Å². The van der Waals surface area contributed by atoms with Crippen molar-refractivity contribution < 1.29 is 0 Å². The molecule has 6 nitrogen and oxygen atoms in total. The smallest absolute Gasteiger partial charge is 0.162 e. The normalized spacial score (nSPS) is 22.7. The zero-order valence-electron chi connectivity index (χ0n) is 26.5. The van der Waals surface area contributed by atoms with Gasteiger partial charge in [-0.2, -0.15) is 5.10 Å². The number of nitrogens with one attached hydrogen (secondary N) is 1. The van der Waals surface area contributed by atoms with Crippen molar-refractivity contribution in [2.45, 2.75) is 105 Å². The Morgan fingerprint density at radius 3 is 2.36 bits per heavy atom. The number of rotatable bonds is 5. The van der Waals surface area contributed by atoms with Gasteiger partial charge in [-0.15, -0.1) is 0 Å². The highest BCUT2D eigenvalue weighted by atomic mass is 15.3. The van der Waals surface area contributed by atoms with Crippen LogP contribution in [-0.4, -0.2) is 38.8 Å². The van der Waals surface area contributed by atoms with Crippen molar-refractivity contribution >= 4 is 22.4 Å². The lowest BCUT2D eigenvalue weighted by atomic mass is 9.83. The van der Waals surface area contributed by atoms with Gasteiger partial charge in [0.05, 0.1) is 11.2 Å². The van der Waals surface area contributed by atoms with Gasteiger partial charge in [0.25, 0.3) is 0 Å². The van der Waals surface area contributed by atoms with Gasteiger partial charge in [-0.25, -0.2) is 9.97 Å². The number of aromatic amines is 1. The molecule has 0 radical (unpaired) electrons. The summed E-state index contributed by atoms with van der Waals surface area (Å²) in [5.41, 5.74) is 11.0. The van der Waals surface area contributed by atoms with Crippen molar-refractivity contribution in [1.82, 2.24) is 20.2 Å². The third-order valence-corrected chi connectivity index (χ3v) is 10.4. The molecule has 2 aromatic heterocycles. The van der Waals surface area contributed by atoms with Gasteiger partial charge in [0, 0.05) is 59.5 Å². The molecular formula is C36H46N6. The number of anilines is 2. The minimum atomic E-state index is 0.458. The Morgan fingerprint density at radius 1 is 0.905 bits per heavy atom. The molecule has 1 saturated heterocycles. The molecule has 1 aliphatic carbocycles. The number of hydrogen-bond acceptors (Lipinski definition) is 5. The molecule has 4 aromatic rings.